The fraction of sp³-hybridized carbons (Fsp3) is 0.412. The lowest BCUT2D eigenvalue weighted by atomic mass is 10.2. The van der Waals surface area contributed by atoms with Crippen LogP contribution in [-0.2, 0) is 56.7 Å². The van der Waals surface area contributed by atoms with Crippen LogP contribution in [-0.4, -0.2) is 105 Å². The van der Waals surface area contributed by atoms with E-state index in [1.54, 1.807) is 14.7 Å². The van der Waals surface area contributed by atoms with Crippen LogP contribution in [0.4, 0.5) is 52.0 Å². The summed E-state index contributed by atoms with van der Waals surface area (Å²) in [6, 6.07) is 23.3. The van der Waals surface area contributed by atoms with Crippen LogP contribution in [0.2, 0.25) is 0 Å². The van der Waals surface area contributed by atoms with E-state index in [1.807, 2.05) is 200 Å². The Morgan fingerprint density at radius 3 is 0.889 bits per heavy atom. The summed E-state index contributed by atoms with van der Waals surface area (Å²) in [6.45, 7) is 9.75. The summed E-state index contributed by atoms with van der Waals surface area (Å²) in [5.74, 6) is 1.72. The molecule has 72 heavy (non-hydrogen) atoms. The van der Waals surface area contributed by atoms with E-state index in [1.165, 1.54) is 0 Å². The second kappa shape index (κ2) is 24.1. The molecule has 21 heteroatoms. The summed E-state index contributed by atoms with van der Waals surface area (Å²) in [5, 5.41) is 26.5. The van der Waals surface area contributed by atoms with Gasteiger partial charge < -0.3 is 29.4 Å². The van der Waals surface area contributed by atoms with Crippen LogP contribution in [0.1, 0.15) is 40.0 Å². The molecule has 21 nitrogen and oxygen atoms in total. The maximum absolute atomic E-state index is 14.2. The molecule has 1 fully saturated rings. The van der Waals surface area contributed by atoms with Crippen LogP contribution >= 0.6 is 0 Å². The summed E-state index contributed by atoms with van der Waals surface area (Å²) >= 11 is 0. The molecule has 0 saturated carbocycles. The number of imidazole rings is 3. The number of aromatic nitrogens is 6. The van der Waals surface area contributed by atoms with Crippen molar-refractivity contribution in [3.63, 3.8) is 0 Å². The number of carbonyl (C=O) groups excluding carboxylic acids is 3. The third-order valence-corrected chi connectivity index (χ3v) is 12.9. The summed E-state index contributed by atoms with van der Waals surface area (Å²) in [6.07, 6.45) is 12.1. The Labute approximate surface area is 421 Å². The number of carbonyl (C=O) groups is 3. The second-order valence-electron chi connectivity index (χ2n) is 17.8. The quantitative estimate of drug-likeness (QED) is 0.0565. The van der Waals surface area contributed by atoms with E-state index in [9.17, 15) is 14.4 Å². The van der Waals surface area contributed by atoms with Gasteiger partial charge in [0.2, 0.25) is 17.7 Å². The van der Waals surface area contributed by atoms with Crippen molar-refractivity contribution in [3.05, 3.63) is 110 Å². The Hall–Kier alpha value is -8.10. The van der Waals surface area contributed by atoms with Gasteiger partial charge in [0.15, 0.2) is 0 Å². The first-order valence-corrected chi connectivity index (χ1v) is 24.4. The third kappa shape index (κ3) is 13.0. The monoisotopic (exact) mass is 982 g/mol. The van der Waals surface area contributed by atoms with E-state index < -0.39 is 0 Å². The lowest BCUT2D eigenvalue weighted by Gasteiger charge is -2.43. The van der Waals surface area contributed by atoms with Gasteiger partial charge in [0, 0.05) is 90.9 Å². The van der Waals surface area contributed by atoms with E-state index >= 15 is 0 Å². The molecule has 378 valence electrons. The lowest BCUT2D eigenvalue weighted by molar-refractivity contribution is -0.657. The second-order valence-corrected chi connectivity index (χ2v) is 17.8. The first kappa shape index (κ1) is 51.7. The maximum atomic E-state index is 14.2. The Balaban J connectivity index is 1.00. The standard InChI is InChI=1S/C51H69N18O3/c1-10-64(43-19-13-40(14-20-43)52-55-49-58(4)31-32-59(49)5)28-25-46(70)67-37-68(47(71)26-29-65(11-2)44-21-15-41(16-22-44)53-56-50-60(6)33-34-61(50)7)39-69(38-67)48(72)27-30-66(12-3)45-23-17-42(18-24-45)54-57-51-62(8)35-36-63(51)9/h13-24,31-36H,10-12,25-30,37-39H2,1-9H3/q+3. The van der Waals surface area contributed by atoms with E-state index in [-0.39, 0.29) is 57.0 Å². The zero-order valence-corrected chi connectivity index (χ0v) is 43.2. The molecular weight excluding hydrogens is 913 g/mol. The van der Waals surface area contributed by atoms with Gasteiger partial charge >= 0.3 is 17.8 Å². The molecule has 3 amide bonds. The van der Waals surface area contributed by atoms with Crippen molar-refractivity contribution in [1.82, 2.24) is 28.4 Å². The number of azo groups is 3. The average Bonchev–Trinajstić information content (AvgIpc) is 4.03. The fourth-order valence-corrected chi connectivity index (χ4v) is 8.47. The highest BCUT2D eigenvalue weighted by molar-refractivity contribution is 5.83. The molecule has 1 aliphatic rings. The molecule has 0 atom stereocenters. The van der Waals surface area contributed by atoms with Gasteiger partial charge in [-0.15, -0.1) is 0 Å². The molecule has 1 aliphatic heterocycles. The van der Waals surface area contributed by atoms with Crippen LogP contribution < -0.4 is 28.4 Å². The number of nitrogens with zero attached hydrogens (tertiary/aromatic N) is 18. The fourth-order valence-electron chi connectivity index (χ4n) is 8.47. The number of hydrogen-bond donors (Lipinski definition) is 0. The van der Waals surface area contributed by atoms with Gasteiger partial charge in [-0.3, -0.25) is 14.4 Å². The minimum Gasteiger partial charge on any atom is -0.371 e. The number of aryl methyl sites for hydroxylation is 6. The Morgan fingerprint density at radius 2 is 0.681 bits per heavy atom. The normalized spacial score (nSPS) is 13.0. The topological polar surface area (TPSA) is 171 Å². The number of rotatable bonds is 21. The summed E-state index contributed by atoms with van der Waals surface area (Å²) in [5.41, 5.74) is 4.97. The molecule has 0 unspecified atom stereocenters. The molecule has 0 bridgehead atoms. The molecule has 6 aromatic rings. The molecule has 1 saturated heterocycles. The molecule has 0 N–H and O–H groups in total. The number of hydrogen-bond acceptors (Lipinski definition) is 12. The van der Waals surface area contributed by atoms with Gasteiger partial charge in [-0.2, -0.15) is 0 Å². The molecule has 7 rings (SSSR count). The first-order chi connectivity index (χ1) is 34.7. The predicted molar refractivity (Wildman–Crippen MR) is 274 cm³/mol. The van der Waals surface area contributed by atoms with Gasteiger partial charge in [-0.25, -0.2) is 27.4 Å². The summed E-state index contributed by atoms with van der Waals surface area (Å²) < 4.78 is 11.4. The Morgan fingerprint density at radius 1 is 0.431 bits per heavy atom. The molecule has 0 radical (unpaired) electrons. The zero-order valence-electron chi connectivity index (χ0n) is 43.2. The number of amides is 3. The highest BCUT2D eigenvalue weighted by Gasteiger charge is 2.32. The van der Waals surface area contributed by atoms with Crippen molar-refractivity contribution in [2.24, 2.45) is 73.0 Å². The van der Waals surface area contributed by atoms with Crippen LogP contribution in [0.15, 0.2) is 141 Å². The lowest BCUT2D eigenvalue weighted by Crippen LogP contribution is -2.60. The molecule has 0 spiro atoms. The molecule has 3 aromatic carbocycles. The Bertz CT molecular complexity index is 2490. The molecule has 3 aromatic heterocycles. The zero-order chi connectivity index (χ0) is 51.3. The van der Waals surface area contributed by atoms with Gasteiger partial charge in [0.25, 0.3) is 0 Å². The highest BCUT2D eigenvalue weighted by Crippen LogP contribution is 2.26. The molecule has 4 heterocycles. The summed E-state index contributed by atoms with van der Waals surface area (Å²) in [4.78, 5) is 53.8. The Kier molecular flexibility index (Phi) is 17.4. The van der Waals surface area contributed by atoms with Crippen LogP contribution in [0.5, 0.6) is 0 Å². The van der Waals surface area contributed by atoms with Crippen molar-refractivity contribution >= 4 is 69.7 Å². The molecular formula is C51H69N18O3+3. The first-order valence-electron chi connectivity index (χ1n) is 24.4. The van der Waals surface area contributed by atoms with Gasteiger partial charge in [0.1, 0.15) is 17.1 Å². The van der Waals surface area contributed by atoms with Crippen LogP contribution in [0.3, 0.4) is 0 Å². The van der Waals surface area contributed by atoms with Crippen LogP contribution in [0.25, 0.3) is 0 Å². The van der Waals surface area contributed by atoms with Gasteiger partial charge in [-0.1, -0.05) is 15.3 Å². The minimum atomic E-state index is -0.147. The molecule has 0 aliphatic carbocycles. The van der Waals surface area contributed by atoms with Crippen LogP contribution in [0, 0.1) is 0 Å². The van der Waals surface area contributed by atoms with Crippen molar-refractivity contribution in [1.29, 1.82) is 0 Å². The summed E-state index contributed by atoms with van der Waals surface area (Å²) in [7, 11) is 11.5. The maximum Gasteiger partial charge on any atom is 0.421 e. The minimum absolute atomic E-state index is 0.0873. The van der Waals surface area contributed by atoms with Crippen molar-refractivity contribution in [2.75, 3.05) is 74.0 Å². The average molecular weight is 982 g/mol. The van der Waals surface area contributed by atoms with Crippen molar-refractivity contribution in [2.45, 2.75) is 40.0 Å². The number of benzene rings is 3. The van der Waals surface area contributed by atoms with Gasteiger partial charge in [-0.05, 0) is 93.6 Å². The van der Waals surface area contributed by atoms with E-state index in [2.05, 4.69) is 45.4 Å². The predicted octanol–water partition coefficient (Wildman–Crippen LogP) is 6.84. The highest BCUT2D eigenvalue weighted by atomic mass is 16.2. The van der Waals surface area contributed by atoms with Crippen molar-refractivity contribution < 1.29 is 28.1 Å². The van der Waals surface area contributed by atoms with E-state index in [4.69, 9.17) is 0 Å². The third-order valence-electron chi connectivity index (χ3n) is 12.9. The van der Waals surface area contributed by atoms with Crippen molar-refractivity contribution in [3.8, 4) is 0 Å². The largest absolute Gasteiger partial charge is 0.421 e. The number of anilines is 3. The van der Waals surface area contributed by atoms with Gasteiger partial charge in [0.05, 0.1) is 99.5 Å². The smallest absolute Gasteiger partial charge is 0.371 e. The SMILES string of the molecule is CCN(CCC(=O)N1CN(C(=O)CCN(CC)c2ccc(N=Nc3n(C)cc[n+]3C)cc2)CN(C(=O)CCN(CC)c2ccc(N=Nc3n(C)cc[n+]3C)cc2)C1)c1ccc(N=Nc2n(C)cc[n+]2C)cc1. The van der Waals surface area contributed by atoms with E-state index in [0.29, 0.717) is 56.3 Å². The van der Waals surface area contributed by atoms with E-state index in [0.717, 1.165) is 34.9 Å².